The number of nitroso groups, excluding NO2 is 1. The number of carbonyl (C=O) groups excluding carboxylic acids is 1. The number of benzene rings is 3. The van der Waals surface area contributed by atoms with E-state index in [1.165, 1.54) is 24.2 Å². The van der Waals surface area contributed by atoms with E-state index in [0.717, 1.165) is 16.7 Å². The highest BCUT2D eigenvalue weighted by molar-refractivity contribution is 7.95. The van der Waals surface area contributed by atoms with Crippen LogP contribution in [0.2, 0.25) is 0 Å². The van der Waals surface area contributed by atoms with Crippen molar-refractivity contribution < 1.29 is 28.3 Å². The van der Waals surface area contributed by atoms with Gasteiger partial charge in [-0.05, 0) is 53.6 Å². The predicted octanol–water partition coefficient (Wildman–Crippen LogP) is 5.38. The number of β-lactam (4-membered cyclic amide) rings is 1. The molecule has 0 radical (unpaired) electrons. The van der Waals surface area contributed by atoms with Crippen molar-refractivity contribution >= 4 is 23.6 Å². The summed E-state index contributed by atoms with van der Waals surface area (Å²) in [5.41, 5.74) is 3.15. The maximum absolute atomic E-state index is 13.5. The van der Waals surface area contributed by atoms with Gasteiger partial charge in [0.25, 0.3) is 0 Å². The minimum absolute atomic E-state index is 0.0686. The van der Waals surface area contributed by atoms with Crippen LogP contribution < -0.4 is 9.08 Å². The smallest absolute Gasteiger partial charge is 0.230 e. The Morgan fingerprint density at radius 3 is 2.42 bits per heavy atom. The molecule has 2 N–H and O–H groups in total. The third-order valence-electron chi connectivity index (χ3n) is 6.84. The van der Waals surface area contributed by atoms with Gasteiger partial charge in [0.1, 0.15) is 17.3 Å². The summed E-state index contributed by atoms with van der Waals surface area (Å²) in [6.45, 7) is -0.179. The quantitative estimate of drug-likeness (QED) is 0.214. The first kappa shape index (κ1) is 26.1. The van der Waals surface area contributed by atoms with Gasteiger partial charge in [-0.15, -0.1) is 0 Å². The first-order chi connectivity index (χ1) is 18.4. The molecule has 198 valence electrons. The maximum Gasteiger partial charge on any atom is 0.230 e. The number of rotatable bonds is 9. The van der Waals surface area contributed by atoms with E-state index in [9.17, 15) is 24.3 Å². The molecule has 2 aliphatic rings. The van der Waals surface area contributed by atoms with Crippen molar-refractivity contribution in [3.05, 3.63) is 83.0 Å². The molecule has 1 amide bonds. The number of phenols is 1. The van der Waals surface area contributed by atoms with Crippen LogP contribution in [0.1, 0.15) is 30.9 Å². The number of aromatic hydroxyl groups is 1. The number of carbonyl (C=O) groups is 1. The standard InChI is InChI=1S/C28H27FN2O6S/c29-19-4-6-21(7-5-19)31-26(14-28(31)34)25-10-3-18(17-1-8-22(33)9-2-17)11-27(25)37-38-16-24-13-20(30-35)12-23(15-32)36-24/h1-11,20,23-24,26,32-33H,12-16H2. The number of hydrogen-bond acceptors (Lipinski definition) is 8. The van der Waals surface area contributed by atoms with Crippen LogP contribution >= 0.6 is 12.0 Å². The van der Waals surface area contributed by atoms with Crippen LogP contribution in [0.15, 0.2) is 71.9 Å². The van der Waals surface area contributed by atoms with E-state index in [2.05, 4.69) is 5.18 Å². The Labute approximate surface area is 223 Å². The van der Waals surface area contributed by atoms with E-state index in [4.69, 9.17) is 8.92 Å². The summed E-state index contributed by atoms with van der Waals surface area (Å²) in [7, 11) is 0. The molecule has 0 aromatic heterocycles. The zero-order chi connectivity index (χ0) is 26.6. The fourth-order valence-corrected chi connectivity index (χ4v) is 5.58. The molecule has 2 heterocycles. The first-order valence-electron chi connectivity index (χ1n) is 12.3. The number of hydrogen-bond donors (Lipinski definition) is 2. The highest BCUT2D eigenvalue weighted by Gasteiger charge is 2.40. The van der Waals surface area contributed by atoms with Crippen LogP contribution in [-0.2, 0) is 9.53 Å². The number of halogens is 1. The summed E-state index contributed by atoms with van der Waals surface area (Å²) in [6.07, 6.45) is 0.393. The van der Waals surface area contributed by atoms with Crippen LogP contribution in [0.25, 0.3) is 11.1 Å². The zero-order valence-corrected chi connectivity index (χ0v) is 21.2. The number of amides is 1. The summed E-state index contributed by atoms with van der Waals surface area (Å²) in [4.78, 5) is 25.3. The summed E-state index contributed by atoms with van der Waals surface area (Å²) in [5.74, 6) is 0.691. The van der Waals surface area contributed by atoms with Crippen molar-refractivity contribution in [2.45, 2.75) is 43.6 Å². The van der Waals surface area contributed by atoms with Crippen molar-refractivity contribution in [2.75, 3.05) is 17.3 Å². The van der Waals surface area contributed by atoms with Gasteiger partial charge >= 0.3 is 0 Å². The Kier molecular flexibility index (Phi) is 7.92. The summed E-state index contributed by atoms with van der Waals surface area (Å²) >= 11 is 1.17. The fourth-order valence-electron chi connectivity index (χ4n) is 4.88. The molecule has 3 aromatic carbocycles. The predicted molar refractivity (Wildman–Crippen MR) is 142 cm³/mol. The third-order valence-corrected chi connectivity index (χ3v) is 7.64. The van der Waals surface area contributed by atoms with Gasteiger partial charge in [0.2, 0.25) is 5.91 Å². The zero-order valence-electron chi connectivity index (χ0n) is 20.4. The molecule has 38 heavy (non-hydrogen) atoms. The second-order valence-electron chi connectivity index (χ2n) is 9.42. The van der Waals surface area contributed by atoms with Gasteiger partial charge in [0.05, 0.1) is 55.1 Å². The Balaban J connectivity index is 1.39. The lowest BCUT2D eigenvalue weighted by Crippen LogP contribution is -2.46. The van der Waals surface area contributed by atoms with Crippen molar-refractivity contribution in [1.82, 2.24) is 0 Å². The lowest BCUT2D eigenvalue weighted by Gasteiger charge is -2.41. The lowest BCUT2D eigenvalue weighted by atomic mass is 9.90. The molecule has 0 saturated carbocycles. The molecular formula is C28H27FN2O6S. The molecule has 4 atom stereocenters. The molecule has 4 unspecified atom stereocenters. The van der Waals surface area contributed by atoms with Crippen LogP contribution in [0, 0.1) is 10.7 Å². The van der Waals surface area contributed by atoms with E-state index in [-0.39, 0.29) is 42.6 Å². The molecule has 3 aromatic rings. The maximum atomic E-state index is 13.5. The number of nitrogens with zero attached hydrogens (tertiary/aromatic N) is 2. The van der Waals surface area contributed by atoms with Gasteiger partial charge in [0, 0.05) is 24.1 Å². The summed E-state index contributed by atoms with van der Waals surface area (Å²) < 4.78 is 25.5. The number of aliphatic hydroxyl groups excluding tert-OH is 1. The fraction of sp³-hybridized carbons (Fsp3) is 0.321. The van der Waals surface area contributed by atoms with Crippen LogP contribution in [0.4, 0.5) is 10.1 Å². The second kappa shape index (κ2) is 11.5. The number of anilines is 1. The number of aliphatic hydroxyl groups is 1. The average molecular weight is 539 g/mol. The Bertz CT molecular complexity index is 1290. The first-order valence-corrected chi connectivity index (χ1v) is 13.3. The molecule has 0 spiro atoms. The summed E-state index contributed by atoms with van der Waals surface area (Å²) in [6, 6.07) is 17.7. The number of ether oxygens (including phenoxy) is 1. The Hall–Kier alpha value is -3.47. The van der Waals surface area contributed by atoms with Gasteiger partial charge in [-0.1, -0.05) is 29.4 Å². The van der Waals surface area contributed by atoms with Crippen molar-refractivity contribution in [3.63, 3.8) is 0 Å². The van der Waals surface area contributed by atoms with E-state index in [0.29, 0.717) is 30.0 Å². The van der Waals surface area contributed by atoms with Crippen molar-refractivity contribution in [1.29, 1.82) is 0 Å². The molecule has 0 aliphatic carbocycles. The van der Waals surface area contributed by atoms with E-state index >= 15 is 0 Å². The van der Waals surface area contributed by atoms with E-state index in [1.807, 2.05) is 18.2 Å². The summed E-state index contributed by atoms with van der Waals surface area (Å²) in [5, 5.41) is 22.3. The van der Waals surface area contributed by atoms with Crippen molar-refractivity contribution in [3.8, 4) is 22.6 Å². The van der Waals surface area contributed by atoms with Crippen LogP contribution in [0.5, 0.6) is 11.5 Å². The molecule has 2 fully saturated rings. The van der Waals surface area contributed by atoms with Gasteiger partial charge in [-0.2, -0.15) is 4.91 Å². The molecule has 2 aliphatic heterocycles. The van der Waals surface area contributed by atoms with Crippen LogP contribution in [0.3, 0.4) is 0 Å². The minimum atomic E-state index is -0.435. The van der Waals surface area contributed by atoms with Gasteiger partial charge in [0.15, 0.2) is 0 Å². The minimum Gasteiger partial charge on any atom is -0.508 e. The van der Waals surface area contributed by atoms with Crippen molar-refractivity contribution in [2.24, 2.45) is 5.18 Å². The van der Waals surface area contributed by atoms with Crippen LogP contribution in [-0.4, -0.2) is 46.7 Å². The SMILES string of the molecule is O=NC1CC(CO)OC(CSOc2cc(-c3ccc(O)cc3)ccc2C2CC(=O)N2c2ccc(F)cc2)C1. The highest BCUT2D eigenvalue weighted by atomic mass is 32.2. The monoisotopic (exact) mass is 538 g/mol. The third kappa shape index (κ3) is 5.67. The topological polar surface area (TPSA) is 109 Å². The molecule has 5 rings (SSSR count). The Morgan fingerprint density at radius 2 is 1.74 bits per heavy atom. The Morgan fingerprint density at radius 1 is 1.03 bits per heavy atom. The van der Waals surface area contributed by atoms with Gasteiger partial charge in [-0.25, -0.2) is 4.39 Å². The largest absolute Gasteiger partial charge is 0.508 e. The van der Waals surface area contributed by atoms with E-state index < -0.39 is 12.1 Å². The van der Waals surface area contributed by atoms with Gasteiger partial charge in [-0.3, -0.25) is 4.79 Å². The number of phenolic OH excluding ortho intramolecular Hbond substituents is 1. The molecule has 2 saturated heterocycles. The highest BCUT2D eigenvalue weighted by Crippen LogP contribution is 2.44. The molecule has 10 heteroatoms. The molecule has 8 nitrogen and oxygen atoms in total. The van der Waals surface area contributed by atoms with E-state index in [1.54, 1.807) is 41.3 Å². The van der Waals surface area contributed by atoms with Gasteiger partial charge < -0.3 is 24.0 Å². The average Bonchev–Trinajstić information content (AvgIpc) is 2.93. The lowest BCUT2D eigenvalue weighted by molar-refractivity contribution is -0.124. The normalized spacial score (nSPS) is 23.1. The second-order valence-corrected chi connectivity index (χ2v) is 10.2. The molecule has 0 bridgehead atoms. The molecular weight excluding hydrogens is 511 g/mol.